The highest BCUT2D eigenvalue weighted by Crippen LogP contribution is 2.27. The van der Waals surface area contributed by atoms with Gasteiger partial charge in [-0.05, 0) is 57.2 Å². The van der Waals surface area contributed by atoms with Crippen LogP contribution < -0.4 is 10.6 Å². The second-order valence-electron chi connectivity index (χ2n) is 7.55. The molecule has 0 radical (unpaired) electrons. The number of anilines is 2. The van der Waals surface area contributed by atoms with Gasteiger partial charge in [-0.3, -0.25) is 9.59 Å². The van der Waals surface area contributed by atoms with Crippen LogP contribution in [0.1, 0.15) is 50.5 Å². The van der Waals surface area contributed by atoms with E-state index in [1.807, 2.05) is 51.1 Å². The summed E-state index contributed by atoms with van der Waals surface area (Å²) in [7, 11) is 0. The topological polar surface area (TPSA) is 71.1 Å². The zero-order valence-electron chi connectivity index (χ0n) is 17.8. The van der Waals surface area contributed by atoms with Crippen LogP contribution in [0.4, 0.5) is 10.8 Å². The number of nitrogens with zero attached hydrogens (tertiary/aromatic N) is 1. The number of aryl methyl sites for hydroxylation is 5. The van der Waals surface area contributed by atoms with Crippen molar-refractivity contribution in [3.63, 3.8) is 0 Å². The monoisotopic (exact) mass is 421 g/mol. The normalized spacial score (nSPS) is 10.7. The van der Waals surface area contributed by atoms with Crippen LogP contribution in [0, 0.1) is 27.7 Å². The summed E-state index contributed by atoms with van der Waals surface area (Å²) in [6.07, 6.45) is 2.03. The lowest BCUT2D eigenvalue weighted by atomic mass is 10.1. The van der Waals surface area contributed by atoms with Crippen LogP contribution in [0.5, 0.6) is 0 Å². The Bertz CT molecular complexity index is 1030. The summed E-state index contributed by atoms with van der Waals surface area (Å²) < 4.78 is 0. The van der Waals surface area contributed by atoms with Gasteiger partial charge in [-0.1, -0.05) is 59.4 Å². The molecule has 2 aromatic carbocycles. The van der Waals surface area contributed by atoms with Gasteiger partial charge < -0.3 is 10.6 Å². The van der Waals surface area contributed by atoms with E-state index in [1.54, 1.807) is 6.92 Å². The van der Waals surface area contributed by atoms with Gasteiger partial charge in [0.1, 0.15) is 4.88 Å². The maximum atomic E-state index is 12.8. The van der Waals surface area contributed by atoms with Gasteiger partial charge in [0.2, 0.25) is 5.91 Å². The van der Waals surface area contributed by atoms with Crippen LogP contribution in [0.3, 0.4) is 0 Å². The van der Waals surface area contributed by atoms with E-state index >= 15 is 0 Å². The molecule has 156 valence electrons. The van der Waals surface area contributed by atoms with Crippen molar-refractivity contribution in [2.24, 2.45) is 0 Å². The van der Waals surface area contributed by atoms with Gasteiger partial charge in [0.25, 0.3) is 5.91 Å². The first kappa shape index (κ1) is 21.7. The fraction of sp³-hybridized carbons (Fsp3) is 0.292. The standard InChI is InChI=1S/C24H27N3O2S/c1-15-13-16(2)21(17(3)14-15)27-23(29)22-18(4)25-24(30-22)26-20(28)12-8-11-19-9-6-5-7-10-19/h5-7,9-10,13-14H,8,11-12H2,1-4H3,(H,27,29)(H,25,26,28). The predicted molar refractivity (Wildman–Crippen MR) is 123 cm³/mol. The molecule has 0 atom stereocenters. The molecule has 0 unspecified atom stereocenters. The minimum atomic E-state index is -0.204. The number of hydrogen-bond donors (Lipinski definition) is 2. The summed E-state index contributed by atoms with van der Waals surface area (Å²) >= 11 is 1.20. The van der Waals surface area contributed by atoms with E-state index in [9.17, 15) is 9.59 Å². The molecule has 1 heterocycles. The molecule has 0 spiro atoms. The minimum Gasteiger partial charge on any atom is -0.321 e. The fourth-order valence-electron chi connectivity index (χ4n) is 3.49. The van der Waals surface area contributed by atoms with Crippen molar-refractivity contribution in [2.75, 3.05) is 10.6 Å². The van der Waals surface area contributed by atoms with Gasteiger partial charge in [-0.2, -0.15) is 0 Å². The highest BCUT2D eigenvalue weighted by atomic mass is 32.1. The maximum Gasteiger partial charge on any atom is 0.267 e. The quantitative estimate of drug-likeness (QED) is 0.522. The van der Waals surface area contributed by atoms with E-state index in [-0.39, 0.29) is 11.8 Å². The lowest BCUT2D eigenvalue weighted by Gasteiger charge is -2.12. The van der Waals surface area contributed by atoms with E-state index in [4.69, 9.17) is 0 Å². The lowest BCUT2D eigenvalue weighted by Crippen LogP contribution is -2.13. The average molecular weight is 422 g/mol. The molecule has 0 saturated heterocycles. The smallest absolute Gasteiger partial charge is 0.267 e. The Morgan fingerprint density at radius 3 is 2.30 bits per heavy atom. The Hall–Kier alpha value is -2.99. The number of hydrogen-bond acceptors (Lipinski definition) is 4. The number of carbonyl (C=O) groups excluding carboxylic acids is 2. The highest BCUT2D eigenvalue weighted by molar-refractivity contribution is 7.17. The zero-order chi connectivity index (χ0) is 21.7. The summed E-state index contributed by atoms with van der Waals surface area (Å²) in [6, 6.07) is 14.2. The summed E-state index contributed by atoms with van der Waals surface area (Å²) in [6.45, 7) is 7.78. The second kappa shape index (κ2) is 9.67. The summed E-state index contributed by atoms with van der Waals surface area (Å²) in [5.41, 5.74) is 5.86. The van der Waals surface area contributed by atoms with Gasteiger partial charge in [-0.15, -0.1) is 0 Å². The minimum absolute atomic E-state index is 0.0862. The molecular weight excluding hydrogens is 394 g/mol. The number of amides is 2. The molecule has 3 rings (SSSR count). The summed E-state index contributed by atoms with van der Waals surface area (Å²) in [4.78, 5) is 29.9. The number of rotatable bonds is 7. The molecule has 0 aliphatic heterocycles. The fourth-order valence-corrected chi connectivity index (χ4v) is 4.37. The molecule has 2 amide bonds. The third-order valence-electron chi connectivity index (χ3n) is 4.88. The van der Waals surface area contributed by atoms with E-state index in [0.717, 1.165) is 35.2 Å². The first-order valence-electron chi connectivity index (χ1n) is 10.0. The third kappa shape index (κ3) is 5.54. The summed E-state index contributed by atoms with van der Waals surface area (Å²) in [5.74, 6) is -0.290. The molecule has 2 N–H and O–H groups in total. The van der Waals surface area contributed by atoms with Crippen molar-refractivity contribution >= 4 is 34.0 Å². The molecule has 0 aliphatic rings. The second-order valence-corrected chi connectivity index (χ2v) is 8.55. The number of nitrogens with one attached hydrogen (secondary N) is 2. The first-order chi connectivity index (χ1) is 14.3. The molecule has 0 fully saturated rings. The molecule has 3 aromatic rings. The Kier molecular flexibility index (Phi) is 7.00. The van der Waals surface area contributed by atoms with Crippen LogP contribution >= 0.6 is 11.3 Å². The molecule has 5 nitrogen and oxygen atoms in total. The predicted octanol–water partition coefficient (Wildman–Crippen LogP) is 5.59. The Balaban J connectivity index is 1.59. The Morgan fingerprint density at radius 2 is 1.63 bits per heavy atom. The molecule has 0 aliphatic carbocycles. The van der Waals surface area contributed by atoms with Crippen molar-refractivity contribution < 1.29 is 9.59 Å². The van der Waals surface area contributed by atoms with Gasteiger partial charge in [0.15, 0.2) is 5.13 Å². The van der Waals surface area contributed by atoms with Crippen molar-refractivity contribution in [1.29, 1.82) is 0 Å². The van der Waals surface area contributed by atoms with Crippen LogP contribution in [0.15, 0.2) is 42.5 Å². The van der Waals surface area contributed by atoms with E-state index in [2.05, 4.69) is 27.8 Å². The zero-order valence-corrected chi connectivity index (χ0v) is 18.7. The Labute approximate surface area is 181 Å². The molecule has 0 bridgehead atoms. The number of aromatic nitrogens is 1. The molecule has 6 heteroatoms. The number of benzene rings is 2. The van der Waals surface area contributed by atoms with Crippen molar-refractivity contribution in [1.82, 2.24) is 4.98 Å². The maximum absolute atomic E-state index is 12.8. The number of thiazole rings is 1. The molecule has 1 aromatic heterocycles. The largest absolute Gasteiger partial charge is 0.321 e. The lowest BCUT2D eigenvalue weighted by molar-refractivity contribution is -0.116. The van der Waals surface area contributed by atoms with Crippen molar-refractivity contribution in [3.05, 3.63) is 75.3 Å². The Morgan fingerprint density at radius 1 is 0.967 bits per heavy atom. The molecular formula is C24H27N3O2S. The molecule has 0 saturated carbocycles. The van der Waals surface area contributed by atoms with Crippen molar-refractivity contribution in [3.8, 4) is 0 Å². The van der Waals surface area contributed by atoms with Gasteiger partial charge >= 0.3 is 0 Å². The van der Waals surface area contributed by atoms with E-state index in [1.165, 1.54) is 16.9 Å². The average Bonchev–Trinajstić information content (AvgIpc) is 3.05. The van der Waals surface area contributed by atoms with E-state index in [0.29, 0.717) is 22.1 Å². The SMILES string of the molecule is Cc1cc(C)c(NC(=O)c2sc(NC(=O)CCCc3ccccc3)nc2C)c(C)c1. The van der Waals surface area contributed by atoms with Crippen LogP contribution in [0.2, 0.25) is 0 Å². The van der Waals surface area contributed by atoms with Gasteiger partial charge in [0, 0.05) is 12.1 Å². The van der Waals surface area contributed by atoms with Crippen LogP contribution in [-0.2, 0) is 11.2 Å². The van der Waals surface area contributed by atoms with Crippen LogP contribution in [-0.4, -0.2) is 16.8 Å². The third-order valence-corrected chi connectivity index (χ3v) is 5.95. The van der Waals surface area contributed by atoms with Gasteiger partial charge in [0.05, 0.1) is 5.69 Å². The summed E-state index contributed by atoms with van der Waals surface area (Å²) in [5, 5.41) is 6.29. The first-order valence-corrected chi connectivity index (χ1v) is 10.9. The number of carbonyl (C=O) groups is 2. The molecule has 30 heavy (non-hydrogen) atoms. The van der Waals surface area contributed by atoms with Gasteiger partial charge in [-0.25, -0.2) is 4.98 Å². The highest BCUT2D eigenvalue weighted by Gasteiger charge is 2.18. The van der Waals surface area contributed by atoms with Crippen molar-refractivity contribution in [2.45, 2.75) is 47.0 Å². The van der Waals surface area contributed by atoms with E-state index < -0.39 is 0 Å². The van der Waals surface area contributed by atoms with Crippen LogP contribution in [0.25, 0.3) is 0 Å².